The minimum atomic E-state index is 0.245. The van der Waals surface area contributed by atoms with E-state index in [1.54, 1.807) is 12.1 Å². The molecule has 2 heteroatoms. The molecule has 0 N–H and O–H groups in total. The zero-order chi connectivity index (χ0) is 14.1. The Balaban J connectivity index is 2.53. The van der Waals surface area contributed by atoms with Crippen LogP contribution in [0.1, 0.15) is 57.1 Å². The monoisotopic (exact) mass is 257 g/mol. The van der Waals surface area contributed by atoms with E-state index in [0.717, 1.165) is 18.4 Å². The lowest BCUT2D eigenvalue weighted by Gasteiger charge is -2.19. The van der Waals surface area contributed by atoms with Crippen LogP contribution in [0.3, 0.4) is 0 Å². The molecular formula is C17H23NO. The maximum Gasteiger partial charge on any atom is 0.119 e. The molecule has 2 nitrogen and oxygen atoms in total. The molecule has 0 aliphatic heterocycles. The van der Waals surface area contributed by atoms with Gasteiger partial charge >= 0.3 is 0 Å². The number of rotatable bonds is 8. The van der Waals surface area contributed by atoms with E-state index < -0.39 is 0 Å². The van der Waals surface area contributed by atoms with Gasteiger partial charge in [0, 0.05) is 5.56 Å². The summed E-state index contributed by atoms with van der Waals surface area (Å²) >= 11 is 0. The number of nitriles is 1. The molecular weight excluding hydrogens is 234 g/mol. The third-order valence-electron chi connectivity index (χ3n) is 3.23. The van der Waals surface area contributed by atoms with Crippen LogP contribution in [-0.2, 0) is 4.74 Å². The van der Waals surface area contributed by atoms with Gasteiger partial charge in [-0.05, 0) is 43.5 Å². The van der Waals surface area contributed by atoms with Crippen LogP contribution in [0.2, 0.25) is 0 Å². The van der Waals surface area contributed by atoms with Crippen molar-refractivity contribution in [3.8, 4) is 6.07 Å². The van der Waals surface area contributed by atoms with Crippen LogP contribution < -0.4 is 0 Å². The highest BCUT2D eigenvalue weighted by Gasteiger charge is 2.09. The summed E-state index contributed by atoms with van der Waals surface area (Å²) < 4.78 is 5.93. The Kier molecular flexibility index (Phi) is 6.74. The van der Waals surface area contributed by atoms with Crippen LogP contribution in [0.15, 0.2) is 30.8 Å². The predicted molar refractivity (Wildman–Crippen MR) is 79.5 cm³/mol. The molecule has 0 amide bonds. The molecule has 102 valence electrons. The smallest absolute Gasteiger partial charge is 0.119 e. The fourth-order valence-corrected chi connectivity index (χ4v) is 1.97. The molecule has 1 aromatic carbocycles. The van der Waals surface area contributed by atoms with Crippen molar-refractivity contribution in [2.24, 2.45) is 0 Å². The summed E-state index contributed by atoms with van der Waals surface area (Å²) in [5, 5.41) is 8.77. The summed E-state index contributed by atoms with van der Waals surface area (Å²) in [6.45, 7) is 8.34. The number of hydrogen-bond donors (Lipinski definition) is 0. The van der Waals surface area contributed by atoms with Crippen LogP contribution in [0.4, 0.5) is 0 Å². The van der Waals surface area contributed by atoms with Gasteiger partial charge in [-0.25, -0.2) is 0 Å². The molecule has 1 atom stereocenters. The second-order valence-electron chi connectivity index (χ2n) is 4.76. The summed E-state index contributed by atoms with van der Waals surface area (Å²) in [7, 11) is 0. The molecule has 0 spiro atoms. The first-order valence-electron chi connectivity index (χ1n) is 7.07. The summed E-state index contributed by atoms with van der Waals surface area (Å²) in [6, 6.07) is 9.47. The zero-order valence-electron chi connectivity index (χ0n) is 12.0. The second kappa shape index (κ2) is 8.37. The van der Waals surface area contributed by atoms with Gasteiger partial charge in [-0.3, -0.25) is 0 Å². The van der Waals surface area contributed by atoms with Crippen molar-refractivity contribution in [2.75, 3.05) is 0 Å². The minimum absolute atomic E-state index is 0.245. The van der Waals surface area contributed by atoms with Gasteiger partial charge in [-0.15, -0.1) is 0 Å². The molecule has 0 saturated carbocycles. The summed E-state index contributed by atoms with van der Waals surface area (Å²) in [6.07, 6.45) is 6.01. The third-order valence-corrected chi connectivity index (χ3v) is 3.23. The summed E-state index contributed by atoms with van der Waals surface area (Å²) in [5.41, 5.74) is 1.61. The third kappa shape index (κ3) is 5.18. The molecule has 0 aromatic heterocycles. The molecule has 1 rings (SSSR count). The van der Waals surface area contributed by atoms with E-state index in [9.17, 15) is 0 Å². The van der Waals surface area contributed by atoms with Gasteiger partial charge in [0.05, 0.1) is 17.7 Å². The molecule has 0 aliphatic carbocycles. The standard InChI is InChI=1S/C17H23NO/c1-4-6-7-8-17(5-2)19-14(3)16-11-9-15(13-18)10-12-16/h9-12,17H,3-8H2,1-2H3. The van der Waals surface area contributed by atoms with Crippen molar-refractivity contribution in [3.05, 3.63) is 42.0 Å². The molecule has 0 saturated heterocycles. The highest BCUT2D eigenvalue weighted by atomic mass is 16.5. The Labute approximate surface area is 116 Å². The van der Waals surface area contributed by atoms with E-state index in [1.807, 2.05) is 12.1 Å². The van der Waals surface area contributed by atoms with Gasteiger partial charge in [-0.2, -0.15) is 5.26 Å². The van der Waals surface area contributed by atoms with Crippen molar-refractivity contribution in [3.63, 3.8) is 0 Å². The van der Waals surface area contributed by atoms with Gasteiger partial charge in [-0.1, -0.05) is 33.3 Å². The van der Waals surface area contributed by atoms with Gasteiger partial charge in [0.15, 0.2) is 0 Å². The number of unbranched alkanes of at least 4 members (excludes halogenated alkanes) is 2. The van der Waals surface area contributed by atoms with Crippen LogP contribution in [0.5, 0.6) is 0 Å². The lowest BCUT2D eigenvalue weighted by atomic mass is 10.1. The Bertz CT molecular complexity index is 428. The highest BCUT2D eigenvalue weighted by molar-refractivity contribution is 5.58. The van der Waals surface area contributed by atoms with Crippen molar-refractivity contribution in [2.45, 2.75) is 52.1 Å². The normalized spacial score (nSPS) is 11.6. The van der Waals surface area contributed by atoms with E-state index in [4.69, 9.17) is 10.00 Å². The molecule has 0 radical (unpaired) electrons. The molecule has 0 bridgehead atoms. The van der Waals surface area contributed by atoms with Crippen molar-refractivity contribution < 1.29 is 4.74 Å². The van der Waals surface area contributed by atoms with E-state index in [-0.39, 0.29) is 6.10 Å². The predicted octanol–water partition coefficient (Wildman–Crippen LogP) is 4.90. The Morgan fingerprint density at radius 1 is 1.26 bits per heavy atom. The van der Waals surface area contributed by atoms with Crippen LogP contribution in [-0.4, -0.2) is 6.10 Å². The quantitative estimate of drug-likeness (QED) is 0.490. The first-order valence-corrected chi connectivity index (χ1v) is 7.07. The van der Waals surface area contributed by atoms with E-state index in [2.05, 4.69) is 26.5 Å². The summed E-state index contributed by atoms with van der Waals surface area (Å²) in [5.74, 6) is 0.702. The van der Waals surface area contributed by atoms with Gasteiger partial charge in [0.25, 0.3) is 0 Å². The zero-order valence-corrected chi connectivity index (χ0v) is 12.0. The SMILES string of the molecule is C=C(OC(CC)CCCCC)c1ccc(C#N)cc1. The summed E-state index contributed by atoms with van der Waals surface area (Å²) in [4.78, 5) is 0. The van der Waals surface area contributed by atoms with E-state index in [1.165, 1.54) is 19.3 Å². The number of benzene rings is 1. The molecule has 0 aliphatic rings. The Morgan fingerprint density at radius 2 is 1.95 bits per heavy atom. The molecule has 19 heavy (non-hydrogen) atoms. The van der Waals surface area contributed by atoms with Gasteiger partial charge in [0.2, 0.25) is 0 Å². The van der Waals surface area contributed by atoms with Crippen molar-refractivity contribution in [1.29, 1.82) is 5.26 Å². The first-order chi connectivity index (χ1) is 9.21. The molecule has 0 fully saturated rings. The van der Waals surface area contributed by atoms with Crippen molar-refractivity contribution >= 4 is 5.76 Å². The molecule has 0 heterocycles. The van der Waals surface area contributed by atoms with E-state index in [0.29, 0.717) is 11.3 Å². The van der Waals surface area contributed by atoms with E-state index >= 15 is 0 Å². The highest BCUT2D eigenvalue weighted by Crippen LogP contribution is 2.20. The van der Waals surface area contributed by atoms with Crippen molar-refractivity contribution in [1.82, 2.24) is 0 Å². The lowest BCUT2D eigenvalue weighted by molar-refractivity contribution is 0.150. The fourth-order valence-electron chi connectivity index (χ4n) is 1.97. The van der Waals surface area contributed by atoms with Crippen LogP contribution in [0.25, 0.3) is 5.76 Å². The number of ether oxygens (including phenoxy) is 1. The maximum atomic E-state index is 8.77. The fraction of sp³-hybridized carbons (Fsp3) is 0.471. The number of nitrogens with zero attached hydrogens (tertiary/aromatic N) is 1. The largest absolute Gasteiger partial charge is 0.490 e. The molecule has 1 aromatic rings. The average molecular weight is 257 g/mol. The average Bonchev–Trinajstić information content (AvgIpc) is 2.46. The first kappa shape index (κ1) is 15.3. The second-order valence-corrected chi connectivity index (χ2v) is 4.76. The maximum absolute atomic E-state index is 8.77. The minimum Gasteiger partial charge on any atom is -0.490 e. The number of hydrogen-bond acceptors (Lipinski definition) is 2. The topological polar surface area (TPSA) is 33.0 Å². The molecule has 1 unspecified atom stereocenters. The van der Waals surface area contributed by atoms with Gasteiger partial charge in [0.1, 0.15) is 5.76 Å². The Morgan fingerprint density at radius 3 is 2.47 bits per heavy atom. The van der Waals surface area contributed by atoms with Crippen LogP contribution in [0, 0.1) is 11.3 Å². The van der Waals surface area contributed by atoms with Crippen LogP contribution >= 0.6 is 0 Å². The Hall–Kier alpha value is -1.75. The lowest BCUT2D eigenvalue weighted by Crippen LogP contribution is -2.10. The van der Waals surface area contributed by atoms with Gasteiger partial charge < -0.3 is 4.74 Å².